The summed E-state index contributed by atoms with van der Waals surface area (Å²) in [4.78, 5) is 24.3. The van der Waals surface area contributed by atoms with Crippen molar-refractivity contribution in [1.29, 1.82) is 0 Å². The lowest BCUT2D eigenvalue weighted by atomic mass is 10.2. The fourth-order valence-electron chi connectivity index (χ4n) is 1.57. The molecule has 0 bridgehead atoms. The van der Waals surface area contributed by atoms with Crippen LogP contribution in [0.4, 0.5) is 4.39 Å². The van der Waals surface area contributed by atoms with Crippen molar-refractivity contribution in [2.24, 2.45) is 0 Å². The van der Waals surface area contributed by atoms with Crippen molar-refractivity contribution in [3.8, 4) is 11.6 Å². The maximum absolute atomic E-state index is 13.3. The van der Waals surface area contributed by atoms with Crippen LogP contribution in [0.1, 0.15) is 5.56 Å². The first-order valence-corrected chi connectivity index (χ1v) is 5.30. The first kappa shape index (κ1) is 12.4. The molecule has 2 rings (SSSR count). The van der Waals surface area contributed by atoms with E-state index in [9.17, 15) is 19.1 Å². The predicted octanol–water partition coefficient (Wildman–Crippen LogP) is 1.33. The summed E-state index contributed by atoms with van der Waals surface area (Å²) in [6.07, 6.45) is 0. The normalized spacial score (nSPS) is 10.6. The average molecular weight is 271 g/mol. The highest BCUT2D eigenvalue weighted by atomic mass is 35.5. The number of hydrogen-bond donors (Lipinski definition) is 2. The molecule has 0 fully saturated rings. The quantitative estimate of drug-likeness (QED) is 0.821. The highest BCUT2D eigenvalue weighted by Crippen LogP contribution is 2.24. The number of aromatic nitrogens is 2. The average Bonchev–Trinajstić information content (AvgIpc) is 2.32. The van der Waals surface area contributed by atoms with Crippen LogP contribution in [0.3, 0.4) is 0 Å². The molecule has 2 N–H and O–H groups in total. The molecule has 1 aromatic heterocycles. The summed E-state index contributed by atoms with van der Waals surface area (Å²) in [5.41, 5.74) is -1.54. The first-order chi connectivity index (χ1) is 8.43. The highest BCUT2D eigenvalue weighted by molar-refractivity contribution is 6.31. The summed E-state index contributed by atoms with van der Waals surface area (Å²) in [6.45, 7) is 1.60. The predicted molar refractivity (Wildman–Crippen MR) is 64.0 cm³/mol. The standard InChI is InChI=1S/C11H8ClFN2O3/c1-5-6(12)3-2-4-7(5)15-10(17)8(13)9(16)14-11(15)18/h2-4,17H,1H3,(H,14,16,18). The summed E-state index contributed by atoms with van der Waals surface area (Å²) in [7, 11) is 0. The highest BCUT2D eigenvalue weighted by Gasteiger charge is 2.16. The molecule has 0 amide bonds. The summed E-state index contributed by atoms with van der Waals surface area (Å²) >= 11 is 5.88. The second-order valence-electron chi connectivity index (χ2n) is 3.62. The van der Waals surface area contributed by atoms with Crippen molar-refractivity contribution >= 4 is 11.6 Å². The van der Waals surface area contributed by atoms with Gasteiger partial charge in [0, 0.05) is 5.02 Å². The maximum Gasteiger partial charge on any atom is 0.335 e. The number of halogens is 2. The molecule has 0 aliphatic heterocycles. The van der Waals surface area contributed by atoms with Gasteiger partial charge in [-0.05, 0) is 24.6 Å². The molecule has 2 aromatic rings. The number of H-pyrrole nitrogens is 1. The third-order valence-corrected chi connectivity index (χ3v) is 2.92. The van der Waals surface area contributed by atoms with Gasteiger partial charge in [-0.1, -0.05) is 17.7 Å². The van der Waals surface area contributed by atoms with Crippen LogP contribution in [-0.4, -0.2) is 14.7 Å². The van der Waals surface area contributed by atoms with Crippen molar-refractivity contribution in [3.05, 3.63) is 55.4 Å². The molecule has 1 aromatic carbocycles. The first-order valence-electron chi connectivity index (χ1n) is 4.92. The minimum absolute atomic E-state index is 0.195. The van der Waals surface area contributed by atoms with Gasteiger partial charge >= 0.3 is 5.69 Å². The second-order valence-corrected chi connectivity index (χ2v) is 4.02. The fourth-order valence-corrected chi connectivity index (χ4v) is 1.74. The largest absolute Gasteiger partial charge is 0.492 e. The van der Waals surface area contributed by atoms with Crippen molar-refractivity contribution in [2.75, 3.05) is 0 Å². The third kappa shape index (κ3) is 1.80. The zero-order chi connectivity index (χ0) is 13.4. The van der Waals surface area contributed by atoms with Crippen LogP contribution in [0.5, 0.6) is 5.88 Å². The molecule has 0 spiro atoms. The lowest BCUT2D eigenvalue weighted by Crippen LogP contribution is -2.31. The minimum Gasteiger partial charge on any atom is -0.492 e. The number of benzene rings is 1. The molecule has 1 heterocycles. The summed E-state index contributed by atoms with van der Waals surface area (Å²) < 4.78 is 14.0. The van der Waals surface area contributed by atoms with Crippen LogP contribution in [0.25, 0.3) is 5.69 Å². The number of hydrogen-bond acceptors (Lipinski definition) is 3. The summed E-state index contributed by atoms with van der Waals surface area (Å²) in [6, 6.07) is 4.60. The van der Waals surface area contributed by atoms with Gasteiger partial charge in [0.15, 0.2) is 0 Å². The van der Waals surface area contributed by atoms with Gasteiger partial charge in [-0.2, -0.15) is 4.39 Å². The molecule has 0 unspecified atom stereocenters. The van der Waals surface area contributed by atoms with Crippen molar-refractivity contribution < 1.29 is 9.50 Å². The van der Waals surface area contributed by atoms with E-state index >= 15 is 0 Å². The molecule has 0 aliphatic rings. The van der Waals surface area contributed by atoms with E-state index in [1.165, 1.54) is 6.07 Å². The molecule has 0 radical (unpaired) electrons. The Morgan fingerprint density at radius 1 is 1.39 bits per heavy atom. The molecular formula is C11H8ClFN2O3. The molecule has 7 heteroatoms. The summed E-state index contributed by atoms with van der Waals surface area (Å²) in [5.74, 6) is -2.47. The van der Waals surface area contributed by atoms with E-state index in [1.807, 2.05) is 0 Å². The number of aromatic hydroxyl groups is 1. The molecule has 5 nitrogen and oxygen atoms in total. The van der Waals surface area contributed by atoms with Crippen molar-refractivity contribution in [3.63, 3.8) is 0 Å². The number of rotatable bonds is 1. The van der Waals surface area contributed by atoms with Gasteiger partial charge in [-0.3, -0.25) is 9.78 Å². The van der Waals surface area contributed by atoms with E-state index in [-0.39, 0.29) is 5.69 Å². The smallest absolute Gasteiger partial charge is 0.335 e. The number of nitrogens with one attached hydrogen (secondary N) is 1. The SMILES string of the molecule is Cc1c(Cl)cccc1-n1c(O)c(F)c(=O)[nH]c1=O. The molecule has 0 aliphatic carbocycles. The van der Waals surface area contributed by atoms with Gasteiger partial charge in [0.25, 0.3) is 5.56 Å². The van der Waals surface area contributed by atoms with Gasteiger partial charge in [0.1, 0.15) is 0 Å². The Morgan fingerprint density at radius 2 is 2.06 bits per heavy atom. The zero-order valence-corrected chi connectivity index (χ0v) is 9.95. The van der Waals surface area contributed by atoms with Crippen molar-refractivity contribution in [1.82, 2.24) is 9.55 Å². The van der Waals surface area contributed by atoms with E-state index in [0.717, 1.165) is 0 Å². The Balaban J connectivity index is 2.88. The fraction of sp³-hybridized carbons (Fsp3) is 0.0909. The Labute approximate surface area is 105 Å². The lowest BCUT2D eigenvalue weighted by Gasteiger charge is -2.11. The molecular weight excluding hydrogens is 263 g/mol. The van der Waals surface area contributed by atoms with E-state index < -0.39 is 22.9 Å². The van der Waals surface area contributed by atoms with Crippen LogP contribution in [0.2, 0.25) is 5.02 Å². The maximum atomic E-state index is 13.3. The second kappa shape index (κ2) is 4.30. The van der Waals surface area contributed by atoms with E-state index in [4.69, 9.17) is 11.6 Å². The molecule has 94 valence electrons. The number of nitrogens with zero attached hydrogens (tertiary/aromatic N) is 1. The molecule has 0 saturated heterocycles. The van der Waals surface area contributed by atoms with Gasteiger partial charge in [0.2, 0.25) is 11.7 Å². The lowest BCUT2D eigenvalue weighted by molar-refractivity contribution is 0.386. The van der Waals surface area contributed by atoms with Gasteiger partial charge in [-0.25, -0.2) is 9.36 Å². The molecule has 0 atom stereocenters. The third-order valence-electron chi connectivity index (χ3n) is 2.51. The van der Waals surface area contributed by atoms with Crippen LogP contribution < -0.4 is 11.2 Å². The monoisotopic (exact) mass is 270 g/mol. The van der Waals surface area contributed by atoms with Crippen LogP contribution in [0, 0.1) is 12.7 Å². The molecule has 18 heavy (non-hydrogen) atoms. The van der Waals surface area contributed by atoms with E-state index in [0.29, 0.717) is 15.2 Å². The van der Waals surface area contributed by atoms with Crippen LogP contribution in [-0.2, 0) is 0 Å². The Bertz CT molecular complexity index is 736. The van der Waals surface area contributed by atoms with Gasteiger partial charge in [-0.15, -0.1) is 0 Å². The Hall–Kier alpha value is -2.08. The Morgan fingerprint density at radius 3 is 2.72 bits per heavy atom. The molecule has 0 saturated carbocycles. The van der Waals surface area contributed by atoms with Crippen LogP contribution >= 0.6 is 11.6 Å². The zero-order valence-electron chi connectivity index (χ0n) is 9.20. The number of aromatic amines is 1. The van der Waals surface area contributed by atoms with Crippen molar-refractivity contribution in [2.45, 2.75) is 6.92 Å². The van der Waals surface area contributed by atoms with E-state index in [1.54, 1.807) is 24.0 Å². The topological polar surface area (TPSA) is 75.1 Å². The van der Waals surface area contributed by atoms with E-state index in [2.05, 4.69) is 0 Å². The van der Waals surface area contributed by atoms with Crippen LogP contribution in [0.15, 0.2) is 27.8 Å². The van der Waals surface area contributed by atoms with Gasteiger partial charge < -0.3 is 5.11 Å². The minimum atomic E-state index is -1.42. The Kier molecular flexibility index (Phi) is 2.96. The van der Waals surface area contributed by atoms with Gasteiger partial charge in [0.05, 0.1) is 5.69 Å². The summed E-state index contributed by atoms with van der Waals surface area (Å²) in [5, 5.41) is 9.91.